The Kier molecular flexibility index (Phi) is 14.2. The normalized spacial score (nSPS) is 24.7. The van der Waals surface area contributed by atoms with Crippen LogP contribution >= 0.6 is 0 Å². The molecule has 2 heteroatoms. The highest BCUT2D eigenvalue weighted by Crippen LogP contribution is 2.42. The van der Waals surface area contributed by atoms with Crippen molar-refractivity contribution < 1.29 is 9.84 Å². The fraction of sp³-hybridized carbons (Fsp3) is 0.463. The Morgan fingerprint density at radius 3 is 1.44 bits per heavy atom. The summed E-state index contributed by atoms with van der Waals surface area (Å²) in [6.45, 7) is 22.0. The van der Waals surface area contributed by atoms with E-state index in [1.165, 1.54) is 44.6 Å². The Bertz CT molecular complexity index is 1300. The molecule has 0 aromatic carbocycles. The molecule has 0 aromatic heterocycles. The average Bonchev–Trinajstić information content (AvgIpc) is 2.89. The number of aliphatic hydroxyl groups is 1. The zero-order valence-electron chi connectivity index (χ0n) is 28.9. The maximum Gasteiger partial charge on any atom is 0.0616 e. The van der Waals surface area contributed by atoms with Gasteiger partial charge in [0.25, 0.3) is 0 Å². The first kappa shape index (κ1) is 36.3. The van der Waals surface area contributed by atoms with Gasteiger partial charge in [-0.25, -0.2) is 0 Å². The fourth-order valence-corrected chi connectivity index (χ4v) is 6.26. The van der Waals surface area contributed by atoms with Crippen molar-refractivity contribution >= 4 is 0 Å². The SMILES string of the molecule is COC1CC(C)=C(/C=C/C(C)=C/C=C/C(C)=C/C=C/C=C(C)/C=C/C=C(C)/C=C/C2=C(C)CC(O)CC2(C)C)C(C)(C)C1. The van der Waals surface area contributed by atoms with Crippen LogP contribution in [-0.4, -0.2) is 24.4 Å². The molecule has 1 N–H and O–H groups in total. The predicted molar refractivity (Wildman–Crippen MR) is 189 cm³/mol. The van der Waals surface area contributed by atoms with Gasteiger partial charge in [0.2, 0.25) is 0 Å². The van der Waals surface area contributed by atoms with Gasteiger partial charge >= 0.3 is 0 Å². The van der Waals surface area contributed by atoms with Gasteiger partial charge in [0, 0.05) is 7.11 Å². The van der Waals surface area contributed by atoms with Crippen molar-refractivity contribution in [3.8, 4) is 0 Å². The first-order valence-electron chi connectivity index (χ1n) is 15.8. The van der Waals surface area contributed by atoms with Crippen LogP contribution in [-0.2, 0) is 4.74 Å². The van der Waals surface area contributed by atoms with E-state index < -0.39 is 0 Å². The van der Waals surface area contributed by atoms with Crippen molar-refractivity contribution in [3.63, 3.8) is 0 Å². The van der Waals surface area contributed by atoms with Crippen LogP contribution in [0.5, 0.6) is 0 Å². The number of allylic oxidation sites excluding steroid dienone is 20. The van der Waals surface area contributed by atoms with E-state index in [2.05, 4.69) is 154 Å². The molecule has 2 atom stereocenters. The van der Waals surface area contributed by atoms with E-state index in [1.807, 2.05) is 7.11 Å². The number of methoxy groups -OCH3 is 1. The average molecular weight is 583 g/mol. The Morgan fingerprint density at radius 1 is 0.628 bits per heavy atom. The van der Waals surface area contributed by atoms with Crippen LogP contribution in [0.2, 0.25) is 0 Å². The summed E-state index contributed by atoms with van der Waals surface area (Å²) >= 11 is 0. The summed E-state index contributed by atoms with van der Waals surface area (Å²) in [5, 5.41) is 10.1. The molecule has 2 nitrogen and oxygen atoms in total. The van der Waals surface area contributed by atoms with Crippen molar-refractivity contribution in [2.24, 2.45) is 10.8 Å². The van der Waals surface area contributed by atoms with E-state index in [-0.39, 0.29) is 16.9 Å². The number of rotatable bonds is 11. The summed E-state index contributed by atoms with van der Waals surface area (Å²) in [5.41, 5.74) is 10.5. The number of hydrogen-bond acceptors (Lipinski definition) is 2. The third-order valence-corrected chi connectivity index (χ3v) is 8.56. The van der Waals surface area contributed by atoms with Gasteiger partial charge in [-0.2, -0.15) is 0 Å². The largest absolute Gasteiger partial charge is 0.393 e. The zero-order chi connectivity index (χ0) is 32.2. The van der Waals surface area contributed by atoms with Crippen molar-refractivity contribution in [1.29, 1.82) is 0 Å². The highest BCUT2D eigenvalue weighted by atomic mass is 16.5. The van der Waals surface area contributed by atoms with Crippen LogP contribution in [0.3, 0.4) is 0 Å². The summed E-state index contributed by atoms with van der Waals surface area (Å²) in [5.74, 6) is 0. The smallest absolute Gasteiger partial charge is 0.0616 e. The highest BCUT2D eigenvalue weighted by molar-refractivity contribution is 5.39. The lowest BCUT2D eigenvalue weighted by Crippen LogP contribution is -2.29. The molecular weight excluding hydrogens is 524 g/mol. The van der Waals surface area contributed by atoms with Gasteiger partial charge < -0.3 is 9.84 Å². The molecule has 2 rings (SSSR count). The molecule has 0 amide bonds. The molecule has 2 aliphatic rings. The summed E-state index contributed by atoms with van der Waals surface area (Å²) < 4.78 is 5.64. The van der Waals surface area contributed by atoms with Crippen LogP contribution in [0.15, 0.2) is 130 Å². The third kappa shape index (κ3) is 12.3. The van der Waals surface area contributed by atoms with E-state index in [0.29, 0.717) is 6.10 Å². The summed E-state index contributed by atoms with van der Waals surface area (Å²) in [6.07, 6.45) is 34.0. The molecule has 2 aliphatic carbocycles. The molecule has 43 heavy (non-hydrogen) atoms. The van der Waals surface area contributed by atoms with Crippen LogP contribution in [0, 0.1) is 10.8 Å². The standard InChI is InChI=1S/C41H58O2/c1-30(18-14-20-32(3)22-24-38-34(5)26-36(42)28-40(38,7)8)16-12-13-17-31(2)19-15-21-33(4)23-25-39-35(6)27-37(43-11)29-41(39,9)10/h12-25,36-37,42H,26-29H2,1-11H3/b13-12+,18-14+,19-15+,24-22+,25-23+,30-16+,31-17+,32-20+,33-21+. The summed E-state index contributed by atoms with van der Waals surface area (Å²) in [7, 11) is 1.82. The van der Waals surface area contributed by atoms with Gasteiger partial charge in [-0.15, -0.1) is 0 Å². The van der Waals surface area contributed by atoms with E-state index in [0.717, 1.165) is 25.7 Å². The minimum Gasteiger partial charge on any atom is -0.393 e. The molecule has 0 saturated heterocycles. The zero-order valence-corrected chi connectivity index (χ0v) is 28.9. The molecule has 0 radical (unpaired) electrons. The molecule has 234 valence electrons. The summed E-state index contributed by atoms with van der Waals surface area (Å²) in [4.78, 5) is 0. The minimum absolute atomic E-state index is 0.00836. The Balaban J connectivity index is 1.91. The summed E-state index contributed by atoms with van der Waals surface area (Å²) in [6, 6.07) is 0. The Morgan fingerprint density at radius 2 is 1.02 bits per heavy atom. The maximum absolute atomic E-state index is 10.1. The van der Waals surface area contributed by atoms with E-state index >= 15 is 0 Å². The van der Waals surface area contributed by atoms with Crippen molar-refractivity contribution in [1.82, 2.24) is 0 Å². The quantitative estimate of drug-likeness (QED) is 0.246. The van der Waals surface area contributed by atoms with Crippen LogP contribution in [0.25, 0.3) is 0 Å². The second-order valence-corrected chi connectivity index (χ2v) is 13.9. The monoisotopic (exact) mass is 582 g/mol. The van der Waals surface area contributed by atoms with Crippen LogP contribution in [0.4, 0.5) is 0 Å². The molecule has 0 heterocycles. The lowest BCUT2D eigenvalue weighted by atomic mass is 9.71. The first-order valence-corrected chi connectivity index (χ1v) is 15.8. The number of ether oxygens (including phenoxy) is 1. The predicted octanol–water partition coefficient (Wildman–Crippen LogP) is 11.2. The molecule has 0 saturated carbocycles. The van der Waals surface area contributed by atoms with Crippen LogP contribution in [0.1, 0.15) is 94.9 Å². The molecule has 0 aromatic rings. The molecule has 0 spiro atoms. The van der Waals surface area contributed by atoms with Crippen molar-refractivity contribution in [2.75, 3.05) is 7.11 Å². The molecular formula is C41H58O2. The third-order valence-electron chi connectivity index (χ3n) is 8.56. The van der Waals surface area contributed by atoms with Gasteiger partial charge in [-0.3, -0.25) is 0 Å². The highest BCUT2D eigenvalue weighted by Gasteiger charge is 2.32. The van der Waals surface area contributed by atoms with Crippen molar-refractivity contribution in [3.05, 3.63) is 130 Å². The Labute approximate surface area is 264 Å². The van der Waals surface area contributed by atoms with Gasteiger partial charge in [-0.05, 0) is 89.2 Å². The van der Waals surface area contributed by atoms with E-state index in [9.17, 15) is 5.11 Å². The van der Waals surface area contributed by atoms with Gasteiger partial charge in [-0.1, -0.05) is 146 Å². The number of aliphatic hydroxyl groups excluding tert-OH is 1. The Hall–Kier alpha value is -2.94. The van der Waals surface area contributed by atoms with Gasteiger partial charge in [0.1, 0.15) is 0 Å². The molecule has 0 bridgehead atoms. The molecule has 0 aliphatic heterocycles. The lowest BCUT2D eigenvalue weighted by Gasteiger charge is -2.37. The topological polar surface area (TPSA) is 29.5 Å². The van der Waals surface area contributed by atoms with Gasteiger partial charge in [0.05, 0.1) is 12.2 Å². The van der Waals surface area contributed by atoms with Crippen LogP contribution < -0.4 is 0 Å². The van der Waals surface area contributed by atoms with Gasteiger partial charge in [0.15, 0.2) is 0 Å². The number of hydrogen-bond donors (Lipinski definition) is 1. The molecule has 2 unspecified atom stereocenters. The fourth-order valence-electron chi connectivity index (χ4n) is 6.26. The first-order chi connectivity index (χ1) is 20.1. The van der Waals surface area contributed by atoms with E-state index in [1.54, 1.807) is 0 Å². The minimum atomic E-state index is -0.224. The lowest BCUT2D eigenvalue weighted by molar-refractivity contribution is 0.0627. The second-order valence-electron chi connectivity index (χ2n) is 13.9. The second kappa shape index (κ2) is 16.8. The molecule has 0 fully saturated rings. The van der Waals surface area contributed by atoms with E-state index in [4.69, 9.17) is 4.74 Å². The maximum atomic E-state index is 10.1. The van der Waals surface area contributed by atoms with Crippen molar-refractivity contribution in [2.45, 2.75) is 107 Å².